The van der Waals surface area contributed by atoms with E-state index in [2.05, 4.69) is 32.1 Å². The van der Waals surface area contributed by atoms with E-state index in [1.54, 1.807) is 6.07 Å². The average molecular weight is 383 g/mol. The molecule has 3 aromatic rings. The van der Waals surface area contributed by atoms with Crippen LogP contribution in [-0.4, -0.2) is 17.4 Å². The van der Waals surface area contributed by atoms with Crippen LogP contribution in [0.3, 0.4) is 0 Å². The first-order valence-electron chi connectivity index (χ1n) is 9.94. The van der Waals surface area contributed by atoms with Crippen molar-refractivity contribution in [3.8, 4) is 11.5 Å². The van der Waals surface area contributed by atoms with Crippen LogP contribution in [0.1, 0.15) is 29.2 Å². The van der Waals surface area contributed by atoms with Gasteiger partial charge in [0, 0.05) is 29.7 Å². The molecule has 1 aliphatic heterocycles. The molecule has 1 aliphatic rings. The van der Waals surface area contributed by atoms with Gasteiger partial charge in [0.15, 0.2) is 0 Å². The minimum absolute atomic E-state index is 0.236. The van der Waals surface area contributed by atoms with E-state index in [0.717, 1.165) is 28.0 Å². The second-order valence-electron chi connectivity index (χ2n) is 7.49. The van der Waals surface area contributed by atoms with Crippen LogP contribution in [0.25, 0.3) is 5.57 Å². The summed E-state index contributed by atoms with van der Waals surface area (Å²) in [5, 5.41) is 10.7. The Bertz CT molecular complexity index is 1070. The summed E-state index contributed by atoms with van der Waals surface area (Å²) in [5.74, 6) is 1.14. The molecule has 0 bridgehead atoms. The highest BCUT2D eigenvalue weighted by atomic mass is 16.5. The predicted octanol–water partition coefficient (Wildman–Crippen LogP) is 5.80. The number of ether oxygens (including phenoxy) is 1. The van der Waals surface area contributed by atoms with E-state index in [0.29, 0.717) is 18.9 Å². The summed E-state index contributed by atoms with van der Waals surface area (Å²) in [5.41, 5.74) is 6.35. The lowest BCUT2D eigenvalue weighted by Crippen LogP contribution is -2.14. The molecular weight excluding hydrogens is 358 g/mol. The third-order valence-electron chi connectivity index (χ3n) is 5.31. The van der Waals surface area contributed by atoms with Gasteiger partial charge in [-0.25, -0.2) is 0 Å². The normalized spacial score (nSPS) is 16.1. The smallest absolute Gasteiger partial charge is 0.126 e. The maximum atomic E-state index is 10.7. The number of rotatable bonds is 5. The number of aliphatic imine (C=N–C) groups is 1. The molecule has 1 unspecified atom stereocenters. The molecule has 146 valence electrons. The molecule has 29 heavy (non-hydrogen) atoms. The van der Waals surface area contributed by atoms with Crippen LogP contribution in [0.15, 0.2) is 83.9 Å². The molecule has 0 spiro atoms. The summed E-state index contributed by atoms with van der Waals surface area (Å²) in [6.07, 6.45) is 2.11. The highest BCUT2D eigenvalue weighted by molar-refractivity contribution is 6.14. The fourth-order valence-electron chi connectivity index (χ4n) is 3.62. The van der Waals surface area contributed by atoms with Crippen LogP contribution in [-0.2, 0) is 6.61 Å². The van der Waals surface area contributed by atoms with Gasteiger partial charge < -0.3 is 9.84 Å². The number of aromatic hydroxyl groups is 1. The Hall–Kier alpha value is -3.33. The van der Waals surface area contributed by atoms with Crippen LogP contribution in [0.5, 0.6) is 11.5 Å². The lowest BCUT2D eigenvalue weighted by molar-refractivity contribution is 0.304. The molecule has 1 atom stereocenters. The third kappa shape index (κ3) is 4.24. The Morgan fingerprint density at radius 2 is 1.72 bits per heavy atom. The van der Waals surface area contributed by atoms with E-state index in [1.165, 1.54) is 5.56 Å². The van der Waals surface area contributed by atoms with Crippen molar-refractivity contribution in [2.45, 2.75) is 20.5 Å². The number of hydrogen-bond donors (Lipinski definition) is 1. The highest BCUT2D eigenvalue weighted by Crippen LogP contribution is 2.35. The number of benzene rings is 3. The molecule has 3 aromatic carbocycles. The van der Waals surface area contributed by atoms with Crippen molar-refractivity contribution >= 4 is 11.3 Å². The van der Waals surface area contributed by atoms with Crippen LogP contribution in [0.2, 0.25) is 0 Å². The van der Waals surface area contributed by atoms with Gasteiger partial charge in [-0.05, 0) is 41.8 Å². The summed E-state index contributed by atoms with van der Waals surface area (Å²) in [6, 6.07) is 23.8. The number of aryl methyl sites for hydroxylation is 1. The van der Waals surface area contributed by atoms with Gasteiger partial charge in [0.25, 0.3) is 0 Å². The topological polar surface area (TPSA) is 41.8 Å². The summed E-state index contributed by atoms with van der Waals surface area (Å²) in [4.78, 5) is 4.76. The molecule has 0 aliphatic carbocycles. The Morgan fingerprint density at radius 3 is 2.48 bits per heavy atom. The molecule has 0 fully saturated rings. The molecule has 1 heterocycles. The van der Waals surface area contributed by atoms with Crippen molar-refractivity contribution in [1.82, 2.24) is 0 Å². The number of allylic oxidation sites excluding steroid dienone is 1. The molecule has 1 N–H and O–H groups in total. The van der Waals surface area contributed by atoms with Crippen LogP contribution >= 0.6 is 0 Å². The van der Waals surface area contributed by atoms with Crippen LogP contribution in [0.4, 0.5) is 0 Å². The SMILES string of the molecule is Cc1ccccc1C1=NCC(C)C(c2ccc(OCc3ccccc3)cc2O)=C1. The van der Waals surface area contributed by atoms with Gasteiger partial charge in [0.05, 0.1) is 5.71 Å². The zero-order valence-corrected chi connectivity index (χ0v) is 16.8. The summed E-state index contributed by atoms with van der Waals surface area (Å²) in [7, 11) is 0. The number of phenols is 1. The molecule has 0 amide bonds. The van der Waals surface area contributed by atoms with Crippen molar-refractivity contribution in [2.24, 2.45) is 10.9 Å². The van der Waals surface area contributed by atoms with Gasteiger partial charge in [-0.3, -0.25) is 4.99 Å². The number of dihydropyridines is 1. The Labute approximate surface area is 172 Å². The Kier molecular flexibility index (Phi) is 5.48. The molecule has 0 saturated carbocycles. The lowest BCUT2D eigenvalue weighted by Gasteiger charge is -2.22. The van der Waals surface area contributed by atoms with Crippen molar-refractivity contribution in [3.05, 3.63) is 101 Å². The molecule has 0 saturated heterocycles. The standard InChI is InChI=1S/C26H25NO2/c1-18-8-6-7-11-22(18)25-15-24(19(2)16-27-25)23-13-12-21(14-26(23)28)29-17-20-9-4-3-5-10-20/h3-15,19,28H,16-17H2,1-2H3. The van der Waals surface area contributed by atoms with Gasteiger partial charge in [-0.2, -0.15) is 0 Å². The van der Waals surface area contributed by atoms with Gasteiger partial charge in [0.1, 0.15) is 18.1 Å². The van der Waals surface area contributed by atoms with Gasteiger partial charge >= 0.3 is 0 Å². The Balaban J connectivity index is 1.58. The Morgan fingerprint density at radius 1 is 0.966 bits per heavy atom. The van der Waals surface area contributed by atoms with E-state index in [9.17, 15) is 5.11 Å². The number of phenolic OH excluding ortho intramolecular Hbond substituents is 1. The molecule has 0 radical (unpaired) electrons. The van der Waals surface area contributed by atoms with Crippen molar-refractivity contribution in [2.75, 3.05) is 6.54 Å². The van der Waals surface area contributed by atoms with E-state index in [1.807, 2.05) is 54.6 Å². The fourth-order valence-corrected chi connectivity index (χ4v) is 3.62. The van der Waals surface area contributed by atoms with Crippen LogP contribution < -0.4 is 4.74 Å². The monoisotopic (exact) mass is 383 g/mol. The summed E-state index contributed by atoms with van der Waals surface area (Å²) in [6.45, 7) is 5.42. The lowest BCUT2D eigenvalue weighted by atomic mass is 9.88. The first-order chi connectivity index (χ1) is 14.1. The van der Waals surface area contributed by atoms with E-state index < -0.39 is 0 Å². The van der Waals surface area contributed by atoms with Gasteiger partial charge in [0.2, 0.25) is 0 Å². The summed E-state index contributed by atoms with van der Waals surface area (Å²) < 4.78 is 5.85. The fraction of sp³-hybridized carbons (Fsp3) is 0.192. The largest absolute Gasteiger partial charge is 0.507 e. The van der Waals surface area contributed by atoms with Gasteiger partial charge in [-0.15, -0.1) is 0 Å². The second kappa shape index (κ2) is 8.36. The van der Waals surface area contributed by atoms with Crippen molar-refractivity contribution in [1.29, 1.82) is 0 Å². The maximum absolute atomic E-state index is 10.7. The van der Waals surface area contributed by atoms with E-state index >= 15 is 0 Å². The molecule has 4 rings (SSSR count). The van der Waals surface area contributed by atoms with Gasteiger partial charge in [-0.1, -0.05) is 61.5 Å². The zero-order valence-electron chi connectivity index (χ0n) is 16.8. The molecule has 0 aromatic heterocycles. The maximum Gasteiger partial charge on any atom is 0.126 e. The zero-order chi connectivity index (χ0) is 20.2. The predicted molar refractivity (Wildman–Crippen MR) is 119 cm³/mol. The molecule has 3 heteroatoms. The summed E-state index contributed by atoms with van der Waals surface area (Å²) >= 11 is 0. The molecular formula is C26H25NO2. The highest BCUT2D eigenvalue weighted by Gasteiger charge is 2.20. The average Bonchev–Trinajstić information content (AvgIpc) is 2.74. The minimum atomic E-state index is 0.236. The molecule has 3 nitrogen and oxygen atoms in total. The quantitative estimate of drug-likeness (QED) is 0.605. The first kappa shape index (κ1) is 19.0. The van der Waals surface area contributed by atoms with Crippen molar-refractivity contribution < 1.29 is 9.84 Å². The first-order valence-corrected chi connectivity index (χ1v) is 9.94. The third-order valence-corrected chi connectivity index (χ3v) is 5.31. The van der Waals surface area contributed by atoms with Crippen LogP contribution in [0, 0.1) is 12.8 Å². The minimum Gasteiger partial charge on any atom is -0.507 e. The van der Waals surface area contributed by atoms with Crippen molar-refractivity contribution in [3.63, 3.8) is 0 Å². The van der Waals surface area contributed by atoms with E-state index in [4.69, 9.17) is 9.73 Å². The number of nitrogens with zero attached hydrogens (tertiary/aromatic N) is 1. The number of hydrogen-bond acceptors (Lipinski definition) is 3. The van der Waals surface area contributed by atoms with E-state index in [-0.39, 0.29) is 11.7 Å². The second-order valence-corrected chi connectivity index (χ2v) is 7.49.